The van der Waals surface area contributed by atoms with Crippen LogP contribution in [0.2, 0.25) is 0 Å². The van der Waals surface area contributed by atoms with Crippen molar-refractivity contribution in [3.63, 3.8) is 0 Å². The van der Waals surface area contributed by atoms with Gasteiger partial charge in [-0.15, -0.1) is 0 Å². The minimum Gasteiger partial charge on any atom is -0.462 e. The van der Waals surface area contributed by atoms with Gasteiger partial charge in [-0.3, -0.25) is 14.4 Å². The zero-order chi connectivity index (χ0) is 50.9. The van der Waals surface area contributed by atoms with Crippen molar-refractivity contribution in [2.45, 2.75) is 374 Å². The molecule has 70 heavy (non-hydrogen) atoms. The Hall–Kier alpha value is -1.59. The molecular formula is C64H124O6. The number of hydrogen-bond acceptors (Lipinski definition) is 6. The number of unbranched alkanes of at least 4 members (excludes halogenated alkanes) is 45. The highest BCUT2D eigenvalue weighted by atomic mass is 16.6. The van der Waals surface area contributed by atoms with Gasteiger partial charge in [0.05, 0.1) is 0 Å². The molecule has 0 aliphatic rings. The third kappa shape index (κ3) is 55.7. The van der Waals surface area contributed by atoms with E-state index in [2.05, 4.69) is 27.7 Å². The Morgan fingerprint density at radius 3 is 0.743 bits per heavy atom. The summed E-state index contributed by atoms with van der Waals surface area (Å²) in [5, 5.41) is 0. The van der Waals surface area contributed by atoms with Crippen LogP contribution in [0.1, 0.15) is 368 Å². The van der Waals surface area contributed by atoms with Gasteiger partial charge in [0.2, 0.25) is 0 Å². The van der Waals surface area contributed by atoms with Gasteiger partial charge in [-0.1, -0.05) is 329 Å². The van der Waals surface area contributed by atoms with Crippen LogP contribution in [-0.4, -0.2) is 37.2 Å². The van der Waals surface area contributed by atoms with Crippen LogP contribution >= 0.6 is 0 Å². The van der Waals surface area contributed by atoms with E-state index >= 15 is 0 Å². The molecule has 2 atom stereocenters. The van der Waals surface area contributed by atoms with E-state index in [9.17, 15) is 14.4 Å². The van der Waals surface area contributed by atoms with Crippen molar-refractivity contribution in [2.75, 3.05) is 13.2 Å². The second kappa shape index (κ2) is 58.3. The molecular weight excluding hydrogens is 865 g/mol. The number of esters is 3. The van der Waals surface area contributed by atoms with Crippen molar-refractivity contribution >= 4 is 17.9 Å². The average molecular weight is 990 g/mol. The van der Waals surface area contributed by atoms with E-state index in [1.165, 1.54) is 263 Å². The molecule has 0 saturated carbocycles. The van der Waals surface area contributed by atoms with E-state index in [1.54, 1.807) is 0 Å². The van der Waals surface area contributed by atoms with Gasteiger partial charge in [0.15, 0.2) is 6.10 Å². The molecule has 0 fully saturated rings. The molecule has 0 spiro atoms. The largest absolute Gasteiger partial charge is 0.462 e. The summed E-state index contributed by atoms with van der Waals surface area (Å²) in [4.78, 5) is 38.3. The summed E-state index contributed by atoms with van der Waals surface area (Å²) in [6.45, 7) is 9.12. The van der Waals surface area contributed by atoms with Crippen LogP contribution in [0.15, 0.2) is 0 Å². The Morgan fingerprint density at radius 2 is 0.500 bits per heavy atom. The summed E-state index contributed by atoms with van der Waals surface area (Å²) in [5.41, 5.74) is 0. The third-order valence-electron chi connectivity index (χ3n) is 15.2. The van der Waals surface area contributed by atoms with Crippen LogP contribution in [0, 0.1) is 5.92 Å². The molecule has 416 valence electrons. The predicted molar refractivity (Wildman–Crippen MR) is 303 cm³/mol. The second-order valence-corrected chi connectivity index (χ2v) is 22.3. The van der Waals surface area contributed by atoms with E-state index in [0.717, 1.165) is 63.7 Å². The number of ether oxygens (including phenoxy) is 3. The first-order chi connectivity index (χ1) is 34.4. The molecule has 0 aliphatic carbocycles. The molecule has 0 heterocycles. The van der Waals surface area contributed by atoms with Gasteiger partial charge in [-0.2, -0.15) is 0 Å². The highest BCUT2D eigenvalue weighted by Crippen LogP contribution is 2.19. The van der Waals surface area contributed by atoms with E-state index in [1.807, 2.05) is 0 Å². The third-order valence-corrected chi connectivity index (χ3v) is 15.2. The molecule has 0 aromatic heterocycles. The van der Waals surface area contributed by atoms with Crippen LogP contribution in [0.4, 0.5) is 0 Å². The van der Waals surface area contributed by atoms with Crippen molar-refractivity contribution in [3.8, 4) is 0 Å². The minimum absolute atomic E-state index is 0.0612. The van der Waals surface area contributed by atoms with Gasteiger partial charge < -0.3 is 14.2 Å². The lowest BCUT2D eigenvalue weighted by Gasteiger charge is -2.18. The topological polar surface area (TPSA) is 78.9 Å². The maximum atomic E-state index is 12.9. The van der Waals surface area contributed by atoms with E-state index < -0.39 is 6.10 Å². The fourth-order valence-corrected chi connectivity index (χ4v) is 9.95. The summed E-state index contributed by atoms with van der Waals surface area (Å²) in [5.74, 6) is 0.0667. The van der Waals surface area contributed by atoms with Crippen molar-refractivity contribution in [1.29, 1.82) is 0 Å². The molecule has 0 amide bonds. The van der Waals surface area contributed by atoms with Crippen molar-refractivity contribution in [1.82, 2.24) is 0 Å². The minimum atomic E-state index is -0.763. The van der Waals surface area contributed by atoms with E-state index in [4.69, 9.17) is 14.2 Å². The lowest BCUT2D eigenvalue weighted by molar-refractivity contribution is -0.167. The Balaban J connectivity index is 4.28. The SMILES string of the molecule is CCCCCCCCCCCCCCCCCCCCCC(=O)OC[C@@H](COC(=O)CCCCCCCCCCCCCCCCC)OC(=O)CCCCCCCCCCCCCCCCC(C)CC. The maximum Gasteiger partial charge on any atom is 0.306 e. The number of carbonyl (C=O) groups is 3. The first-order valence-electron chi connectivity index (χ1n) is 31.9. The predicted octanol–water partition coefficient (Wildman–Crippen LogP) is 21.4. The molecule has 0 aliphatic heterocycles. The van der Waals surface area contributed by atoms with Gasteiger partial charge in [-0.25, -0.2) is 0 Å². The summed E-state index contributed by atoms with van der Waals surface area (Å²) in [7, 11) is 0. The molecule has 6 heteroatoms. The first kappa shape index (κ1) is 68.4. The molecule has 0 N–H and O–H groups in total. The quantitative estimate of drug-likeness (QED) is 0.0343. The number of carbonyl (C=O) groups excluding carboxylic acids is 3. The Morgan fingerprint density at radius 1 is 0.286 bits per heavy atom. The lowest BCUT2D eigenvalue weighted by atomic mass is 9.99. The summed E-state index contributed by atoms with van der Waals surface area (Å²) >= 11 is 0. The van der Waals surface area contributed by atoms with Gasteiger partial charge in [-0.05, 0) is 25.2 Å². The number of hydrogen-bond donors (Lipinski definition) is 0. The average Bonchev–Trinajstić information content (AvgIpc) is 3.36. The highest BCUT2D eigenvalue weighted by molar-refractivity contribution is 5.71. The molecule has 0 aromatic rings. The fourth-order valence-electron chi connectivity index (χ4n) is 9.95. The van der Waals surface area contributed by atoms with Gasteiger partial charge in [0, 0.05) is 19.3 Å². The van der Waals surface area contributed by atoms with Crippen LogP contribution in [0.5, 0.6) is 0 Å². The highest BCUT2D eigenvalue weighted by Gasteiger charge is 2.19. The summed E-state index contributed by atoms with van der Waals surface area (Å²) in [6, 6.07) is 0. The smallest absolute Gasteiger partial charge is 0.306 e. The van der Waals surface area contributed by atoms with Crippen LogP contribution < -0.4 is 0 Å². The monoisotopic (exact) mass is 989 g/mol. The number of rotatable bonds is 59. The maximum absolute atomic E-state index is 12.9. The standard InChI is InChI=1S/C64H124O6/c1-5-8-10-12-14-16-18-20-22-23-24-25-27-32-36-40-44-48-52-56-63(66)69-59-61(58-68-62(65)55-51-47-43-39-35-31-26-21-19-17-15-13-11-9-6-2)70-64(67)57-53-49-45-41-37-33-29-28-30-34-38-42-46-50-54-60(4)7-3/h60-61H,5-59H2,1-4H3/t60?,61-/m1/s1. The van der Waals surface area contributed by atoms with Crippen molar-refractivity contribution in [3.05, 3.63) is 0 Å². The Kier molecular flexibility index (Phi) is 57.0. The Labute approximate surface area is 438 Å². The first-order valence-corrected chi connectivity index (χ1v) is 31.9. The lowest BCUT2D eigenvalue weighted by Crippen LogP contribution is -2.30. The van der Waals surface area contributed by atoms with Crippen molar-refractivity contribution in [2.24, 2.45) is 5.92 Å². The van der Waals surface area contributed by atoms with Crippen molar-refractivity contribution < 1.29 is 28.6 Å². The zero-order valence-electron chi connectivity index (χ0n) is 48.0. The van der Waals surface area contributed by atoms with Gasteiger partial charge >= 0.3 is 17.9 Å². The summed E-state index contributed by atoms with van der Waals surface area (Å²) in [6.07, 6.45) is 65.2. The van der Waals surface area contributed by atoms with Gasteiger partial charge in [0.25, 0.3) is 0 Å². The van der Waals surface area contributed by atoms with E-state index in [-0.39, 0.29) is 31.1 Å². The van der Waals surface area contributed by atoms with Gasteiger partial charge in [0.1, 0.15) is 13.2 Å². The molecule has 0 rings (SSSR count). The Bertz CT molecular complexity index is 1060. The molecule has 6 nitrogen and oxygen atoms in total. The fraction of sp³-hybridized carbons (Fsp3) is 0.953. The van der Waals surface area contributed by atoms with Crippen LogP contribution in [0.3, 0.4) is 0 Å². The second-order valence-electron chi connectivity index (χ2n) is 22.3. The normalized spacial score (nSPS) is 12.3. The molecule has 0 saturated heterocycles. The van der Waals surface area contributed by atoms with Crippen LogP contribution in [-0.2, 0) is 28.6 Å². The zero-order valence-corrected chi connectivity index (χ0v) is 48.0. The molecule has 0 radical (unpaired) electrons. The molecule has 0 bridgehead atoms. The van der Waals surface area contributed by atoms with Crippen LogP contribution in [0.25, 0.3) is 0 Å². The summed E-state index contributed by atoms with van der Waals surface area (Å²) < 4.78 is 17.0. The molecule has 1 unspecified atom stereocenters. The molecule has 0 aromatic carbocycles. The van der Waals surface area contributed by atoms with E-state index in [0.29, 0.717) is 19.3 Å².